The van der Waals surface area contributed by atoms with E-state index in [2.05, 4.69) is 0 Å². The fraction of sp³-hybridized carbons (Fsp3) is 1.00. The van der Waals surface area contributed by atoms with Crippen molar-refractivity contribution in [2.45, 2.75) is 31.6 Å². The number of halogens is 3. The molecule has 1 aliphatic rings. The minimum Gasteiger partial charge on any atom is -0.325 e. The molecule has 1 heterocycles. The lowest BCUT2D eigenvalue weighted by atomic mass is 10.2. The Labute approximate surface area is 113 Å². The van der Waals surface area contributed by atoms with Crippen LogP contribution in [-0.4, -0.2) is 44.8 Å². The lowest BCUT2D eigenvalue weighted by Gasteiger charge is -2.22. The summed E-state index contributed by atoms with van der Waals surface area (Å²) >= 11 is 0. The maximum absolute atomic E-state index is 12.9. The number of alkyl halides is 2. The van der Waals surface area contributed by atoms with Crippen LogP contribution in [0.5, 0.6) is 0 Å². The SMILES string of the molecule is Cl.NCC(F)(F)CNS(=O)(=O)N1CCCCCC1. The van der Waals surface area contributed by atoms with Crippen LogP contribution in [0.25, 0.3) is 0 Å². The van der Waals surface area contributed by atoms with E-state index >= 15 is 0 Å². The highest BCUT2D eigenvalue weighted by atomic mass is 35.5. The molecular formula is C9H20ClF2N3O2S. The van der Waals surface area contributed by atoms with Crippen LogP contribution in [0.3, 0.4) is 0 Å². The summed E-state index contributed by atoms with van der Waals surface area (Å²) in [6.45, 7) is -1.02. The highest BCUT2D eigenvalue weighted by Crippen LogP contribution is 2.14. The molecule has 0 aromatic carbocycles. The minimum absolute atomic E-state index is 0. The average Bonchev–Trinajstić information content (AvgIpc) is 2.56. The fourth-order valence-corrected chi connectivity index (χ4v) is 2.96. The van der Waals surface area contributed by atoms with Crippen LogP contribution in [0.2, 0.25) is 0 Å². The first kappa shape index (κ1) is 18.0. The lowest BCUT2D eigenvalue weighted by molar-refractivity contribution is 0.0167. The second-order valence-electron chi connectivity index (χ2n) is 4.20. The molecule has 0 aromatic rings. The van der Waals surface area contributed by atoms with Gasteiger partial charge in [0.15, 0.2) is 0 Å². The van der Waals surface area contributed by atoms with E-state index in [9.17, 15) is 17.2 Å². The predicted molar refractivity (Wildman–Crippen MR) is 68.2 cm³/mol. The molecule has 3 N–H and O–H groups in total. The maximum atomic E-state index is 12.9. The van der Waals surface area contributed by atoms with Crippen molar-refractivity contribution < 1.29 is 17.2 Å². The standard InChI is InChI=1S/C9H19F2N3O2S.ClH/c10-9(11,7-12)8-13-17(15,16)14-5-3-1-2-4-6-14;/h13H,1-8,12H2;1H. The molecule has 1 rings (SSSR count). The molecule has 1 aliphatic heterocycles. The second-order valence-corrected chi connectivity index (χ2v) is 5.95. The van der Waals surface area contributed by atoms with E-state index in [0.717, 1.165) is 25.7 Å². The van der Waals surface area contributed by atoms with Gasteiger partial charge in [-0.05, 0) is 12.8 Å². The van der Waals surface area contributed by atoms with Crippen LogP contribution in [0.4, 0.5) is 8.78 Å². The first-order valence-corrected chi connectivity index (χ1v) is 7.14. The topological polar surface area (TPSA) is 75.4 Å². The fourth-order valence-electron chi connectivity index (χ4n) is 1.64. The molecule has 0 bridgehead atoms. The number of nitrogens with two attached hydrogens (primary N) is 1. The summed E-state index contributed by atoms with van der Waals surface area (Å²) in [7, 11) is -3.80. The Morgan fingerprint density at radius 2 is 1.67 bits per heavy atom. The smallest absolute Gasteiger partial charge is 0.279 e. The van der Waals surface area contributed by atoms with Crippen LogP contribution in [0, 0.1) is 0 Å². The Kier molecular flexibility index (Phi) is 7.53. The van der Waals surface area contributed by atoms with Gasteiger partial charge >= 0.3 is 0 Å². The van der Waals surface area contributed by atoms with E-state index in [0.29, 0.717) is 13.1 Å². The zero-order chi connectivity index (χ0) is 12.9. The first-order valence-electron chi connectivity index (χ1n) is 5.70. The van der Waals surface area contributed by atoms with E-state index in [4.69, 9.17) is 5.73 Å². The third-order valence-corrected chi connectivity index (χ3v) is 4.27. The van der Waals surface area contributed by atoms with Gasteiger partial charge in [-0.15, -0.1) is 12.4 Å². The highest BCUT2D eigenvalue weighted by Gasteiger charge is 2.31. The van der Waals surface area contributed by atoms with Gasteiger partial charge in [-0.25, -0.2) is 8.78 Å². The van der Waals surface area contributed by atoms with Crippen molar-refractivity contribution in [3.8, 4) is 0 Å². The van der Waals surface area contributed by atoms with Gasteiger partial charge in [0.2, 0.25) is 0 Å². The van der Waals surface area contributed by atoms with Crippen LogP contribution in [0.1, 0.15) is 25.7 Å². The molecule has 1 fully saturated rings. The second kappa shape index (κ2) is 7.54. The molecule has 0 unspecified atom stereocenters. The molecule has 1 saturated heterocycles. The van der Waals surface area contributed by atoms with E-state index in [1.807, 2.05) is 4.72 Å². The Bertz CT molecular complexity index is 333. The Morgan fingerprint density at radius 1 is 1.17 bits per heavy atom. The predicted octanol–water partition coefficient (Wildman–Crippen LogP) is 0.713. The van der Waals surface area contributed by atoms with Gasteiger partial charge in [0, 0.05) is 13.1 Å². The summed E-state index contributed by atoms with van der Waals surface area (Å²) in [5, 5.41) is 0. The summed E-state index contributed by atoms with van der Waals surface area (Å²) in [6, 6.07) is 0. The monoisotopic (exact) mass is 307 g/mol. The summed E-state index contributed by atoms with van der Waals surface area (Å²) in [4.78, 5) is 0. The van der Waals surface area contributed by atoms with E-state index in [1.54, 1.807) is 0 Å². The molecule has 18 heavy (non-hydrogen) atoms. The van der Waals surface area contributed by atoms with Gasteiger partial charge < -0.3 is 5.73 Å². The van der Waals surface area contributed by atoms with E-state index in [-0.39, 0.29) is 12.4 Å². The highest BCUT2D eigenvalue weighted by molar-refractivity contribution is 7.87. The van der Waals surface area contributed by atoms with Crippen molar-refractivity contribution in [3.63, 3.8) is 0 Å². The number of hydrogen-bond acceptors (Lipinski definition) is 3. The van der Waals surface area contributed by atoms with Crippen molar-refractivity contribution in [3.05, 3.63) is 0 Å². The van der Waals surface area contributed by atoms with Gasteiger partial charge in [0.05, 0.1) is 13.1 Å². The van der Waals surface area contributed by atoms with Crippen molar-refractivity contribution in [2.75, 3.05) is 26.2 Å². The third-order valence-electron chi connectivity index (χ3n) is 2.72. The summed E-state index contributed by atoms with van der Waals surface area (Å²) in [5.74, 6) is -3.20. The Balaban J connectivity index is 0.00000289. The third kappa shape index (κ3) is 5.75. The molecule has 5 nitrogen and oxygen atoms in total. The molecule has 0 saturated carbocycles. The zero-order valence-corrected chi connectivity index (χ0v) is 11.7. The zero-order valence-electron chi connectivity index (χ0n) is 10.1. The molecule has 0 amide bonds. The van der Waals surface area contributed by atoms with Crippen LogP contribution >= 0.6 is 12.4 Å². The molecule has 0 radical (unpaired) electrons. The van der Waals surface area contributed by atoms with Gasteiger partial charge in [0.1, 0.15) is 0 Å². The van der Waals surface area contributed by atoms with Crippen molar-refractivity contribution >= 4 is 22.6 Å². The largest absolute Gasteiger partial charge is 0.325 e. The van der Waals surface area contributed by atoms with Gasteiger partial charge in [0.25, 0.3) is 16.1 Å². The summed E-state index contributed by atoms with van der Waals surface area (Å²) in [5.41, 5.74) is 4.84. The van der Waals surface area contributed by atoms with Crippen molar-refractivity contribution in [1.82, 2.24) is 9.03 Å². The molecule has 0 spiro atoms. The van der Waals surface area contributed by atoms with Gasteiger partial charge in [-0.2, -0.15) is 17.4 Å². The molecule has 0 aromatic heterocycles. The van der Waals surface area contributed by atoms with Crippen molar-refractivity contribution in [2.24, 2.45) is 5.73 Å². The van der Waals surface area contributed by atoms with Crippen LogP contribution in [0.15, 0.2) is 0 Å². The molecule has 0 atom stereocenters. The van der Waals surface area contributed by atoms with Gasteiger partial charge in [-0.1, -0.05) is 12.8 Å². The maximum Gasteiger partial charge on any atom is 0.279 e. The Morgan fingerprint density at radius 3 is 2.11 bits per heavy atom. The molecule has 9 heteroatoms. The Hall–Kier alpha value is -0.0200. The summed E-state index contributed by atoms with van der Waals surface area (Å²) < 4.78 is 52.3. The van der Waals surface area contributed by atoms with Crippen LogP contribution in [-0.2, 0) is 10.2 Å². The minimum atomic E-state index is -3.80. The summed E-state index contributed by atoms with van der Waals surface area (Å²) in [6.07, 6.45) is 3.50. The van der Waals surface area contributed by atoms with Gasteiger partial charge in [-0.3, -0.25) is 0 Å². The molecular weight excluding hydrogens is 288 g/mol. The van der Waals surface area contributed by atoms with Crippen molar-refractivity contribution in [1.29, 1.82) is 0 Å². The number of nitrogens with one attached hydrogen (secondary N) is 1. The number of rotatable bonds is 5. The number of hydrogen-bond donors (Lipinski definition) is 2. The van der Waals surface area contributed by atoms with E-state index < -0.39 is 29.2 Å². The lowest BCUT2D eigenvalue weighted by Crippen LogP contribution is -2.47. The normalized spacial score (nSPS) is 19.1. The average molecular weight is 308 g/mol. The number of nitrogens with zero attached hydrogens (tertiary/aromatic N) is 1. The molecule has 110 valence electrons. The molecule has 0 aliphatic carbocycles. The van der Waals surface area contributed by atoms with E-state index in [1.165, 1.54) is 4.31 Å². The quantitative estimate of drug-likeness (QED) is 0.785. The van der Waals surface area contributed by atoms with Crippen LogP contribution < -0.4 is 10.5 Å². The first-order chi connectivity index (χ1) is 7.87.